The molecule has 2 amide bonds. The highest BCUT2D eigenvalue weighted by atomic mass is 19.1. The first kappa shape index (κ1) is 27.4. The van der Waals surface area contributed by atoms with Crippen LogP contribution in [0.1, 0.15) is 59.9 Å². The molecule has 0 bridgehead atoms. The van der Waals surface area contributed by atoms with Crippen molar-refractivity contribution in [2.75, 3.05) is 18.4 Å². The number of nitrogens with one attached hydrogen (secondary N) is 3. The van der Waals surface area contributed by atoms with Gasteiger partial charge in [-0.15, -0.1) is 0 Å². The van der Waals surface area contributed by atoms with Gasteiger partial charge in [-0.3, -0.25) is 9.59 Å². The highest BCUT2D eigenvalue weighted by Gasteiger charge is 2.24. The molecule has 0 radical (unpaired) electrons. The number of nitrogens with zero attached hydrogens (tertiary/aromatic N) is 2. The Balaban J connectivity index is 1.98. The van der Waals surface area contributed by atoms with Gasteiger partial charge in [-0.05, 0) is 43.4 Å². The van der Waals surface area contributed by atoms with Gasteiger partial charge in [0.2, 0.25) is 11.8 Å². The summed E-state index contributed by atoms with van der Waals surface area (Å²) in [6.45, 7) is 14.1. The molecule has 3 N–H and O–H groups in total. The third-order valence-corrected chi connectivity index (χ3v) is 5.26. The van der Waals surface area contributed by atoms with Crippen molar-refractivity contribution in [2.45, 2.75) is 72.4 Å². The maximum atomic E-state index is 13.4. The predicted octanol–water partition coefficient (Wildman–Crippen LogP) is 4.00. The van der Waals surface area contributed by atoms with Crippen LogP contribution in [0.5, 0.6) is 0 Å². The SMILES string of the molecule is CCCC(NC(=O)Cc1cc(F)cc(F)c1)C(=O)Nc1cn(C(C)(C)CNCC(C)(C)C)cn1. The van der Waals surface area contributed by atoms with E-state index in [0.717, 1.165) is 31.3 Å². The molecule has 0 aliphatic carbocycles. The lowest BCUT2D eigenvalue weighted by molar-refractivity contribution is -0.126. The second-order valence-corrected chi connectivity index (χ2v) is 10.5. The minimum atomic E-state index is -0.789. The van der Waals surface area contributed by atoms with Crippen LogP contribution in [0, 0.1) is 17.0 Å². The average Bonchev–Trinajstić information content (AvgIpc) is 3.15. The van der Waals surface area contributed by atoms with Gasteiger partial charge in [0.05, 0.1) is 18.3 Å². The number of hydrogen-bond donors (Lipinski definition) is 3. The van der Waals surface area contributed by atoms with Gasteiger partial charge in [0.1, 0.15) is 17.7 Å². The number of hydrogen-bond acceptors (Lipinski definition) is 4. The molecule has 1 aromatic carbocycles. The van der Waals surface area contributed by atoms with Crippen molar-refractivity contribution in [1.29, 1.82) is 0 Å². The van der Waals surface area contributed by atoms with E-state index < -0.39 is 29.5 Å². The van der Waals surface area contributed by atoms with Gasteiger partial charge in [0.15, 0.2) is 5.82 Å². The lowest BCUT2D eigenvalue weighted by Gasteiger charge is -2.29. The van der Waals surface area contributed by atoms with E-state index >= 15 is 0 Å². The number of halogens is 2. The third kappa shape index (κ3) is 8.85. The number of benzene rings is 1. The molecule has 9 heteroatoms. The minimum absolute atomic E-state index is 0.172. The Bertz CT molecular complexity index is 962. The van der Waals surface area contributed by atoms with Gasteiger partial charge in [-0.1, -0.05) is 34.1 Å². The molecule has 0 aliphatic rings. The average molecular weight is 478 g/mol. The smallest absolute Gasteiger partial charge is 0.248 e. The van der Waals surface area contributed by atoms with Gasteiger partial charge < -0.3 is 20.5 Å². The molecule has 0 fully saturated rings. The Morgan fingerprint density at radius 1 is 1.06 bits per heavy atom. The normalized spacial score (nSPS) is 12.9. The van der Waals surface area contributed by atoms with Crippen LogP contribution in [0.15, 0.2) is 30.7 Å². The maximum Gasteiger partial charge on any atom is 0.248 e. The lowest BCUT2D eigenvalue weighted by Crippen LogP contribution is -2.44. The molecule has 1 unspecified atom stereocenters. The first-order chi connectivity index (χ1) is 15.8. The van der Waals surface area contributed by atoms with Crippen LogP contribution < -0.4 is 16.0 Å². The molecule has 7 nitrogen and oxygen atoms in total. The van der Waals surface area contributed by atoms with Crippen molar-refractivity contribution in [3.05, 3.63) is 47.9 Å². The number of amides is 2. The molecular formula is C25H37F2N5O2. The molecule has 0 saturated heterocycles. The molecule has 0 aliphatic heterocycles. The summed E-state index contributed by atoms with van der Waals surface area (Å²) in [4.78, 5) is 29.5. The molecule has 34 heavy (non-hydrogen) atoms. The summed E-state index contributed by atoms with van der Waals surface area (Å²) in [5.74, 6) is -2.00. The van der Waals surface area contributed by atoms with Crippen LogP contribution in [0.25, 0.3) is 0 Å². The van der Waals surface area contributed by atoms with Gasteiger partial charge in [0.25, 0.3) is 0 Å². The molecule has 1 atom stereocenters. The van der Waals surface area contributed by atoms with Crippen LogP contribution >= 0.6 is 0 Å². The van der Waals surface area contributed by atoms with Crippen molar-refractivity contribution in [1.82, 2.24) is 20.2 Å². The number of carbonyl (C=O) groups excluding carboxylic acids is 2. The van der Waals surface area contributed by atoms with Gasteiger partial charge in [0, 0.05) is 25.4 Å². The summed E-state index contributed by atoms with van der Waals surface area (Å²) in [6.07, 6.45) is 4.27. The number of aromatic nitrogens is 2. The molecule has 1 heterocycles. The van der Waals surface area contributed by atoms with E-state index in [9.17, 15) is 18.4 Å². The van der Waals surface area contributed by atoms with E-state index in [1.54, 1.807) is 12.5 Å². The fraction of sp³-hybridized carbons (Fsp3) is 0.560. The van der Waals surface area contributed by atoms with Crippen molar-refractivity contribution in [2.24, 2.45) is 5.41 Å². The minimum Gasteiger partial charge on any atom is -0.344 e. The van der Waals surface area contributed by atoms with E-state index in [4.69, 9.17) is 0 Å². The van der Waals surface area contributed by atoms with Crippen LogP contribution in [0.3, 0.4) is 0 Å². The van der Waals surface area contributed by atoms with Gasteiger partial charge in [-0.25, -0.2) is 13.8 Å². The van der Waals surface area contributed by atoms with Crippen LogP contribution in [0.4, 0.5) is 14.6 Å². The Labute approximate surface area is 200 Å². The zero-order valence-corrected chi connectivity index (χ0v) is 21.0. The van der Waals surface area contributed by atoms with E-state index in [0.29, 0.717) is 18.7 Å². The highest BCUT2D eigenvalue weighted by Crippen LogP contribution is 2.18. The first-order valence-corrected chi connectivity index (χ1v) is 11.6. The second kappa shape index (κ2) is 11.6. The quantitative estimate of drug-likeness (QED) is 0.457. The number of rotatable bonds is 11. The fourth-order valence-electron chi connectivity index (χ4n) is 3.47. The summed E-state index contributed by atoms with van der Waals surface area (Å²) in [7, 11) is 0. The maximum absolute atomic E-state index is 13.4. The number of imidazole rings is 1. The molecule has 2 rings (SSSR count). The molecule has 1 aromatic heterocycles. The van der Waals surface area contributed by atoms with E-state index in [1.165, 1.54) is 0 Å². The van der Waals surface area contributed by atoms with Crippen molar-refractivity contribution < 1.29 is 18.4 Å². The summed E-state index contributed by atoms with van der Waals surface area (Å²) in [5, 5.41) is 8.89. The van der Waals surface area contributed by atoms with Crippen LogP contribution in [0.2, 0.25) is 0 Å². The molecule has 0 spiro atoms. The topological polar surface area (TPSA) is 88.0 Å². The first-order valence-electron chi connectivity index (χ1n) is 11.6. The highest BCUT2D eigenvalue weighted by molar-refractivity contribution is 5.96. The third-order valence-electron chi connectivity index (χ3n) is 5.26. The molecule has 188 valence electrons. The molecular weight excluding hydrogens is 440 g/mol. The van der Waals surface area contributed by atoms with E-state index in [1.807, 2.05) is 11.5 Å². The number of carbonyl (C=O) groups is 2. The van der Waals surface area contributed by atoms with E-state index in [-0.39, 0.29) is 22.9 Å². The van der Waals surface area contributed by atoms with Crippen molar-refractivity contribution >= 4 is 17.6 Å². The lowest BCUT2D eigenvalue weighted by atomic mass is 9.96. The Hall–Kier alpha value is -2.81. The van der Waals surface area contributed by atoms with Gasteiger partial charge >= 0.3 is 0 Å². The summed E-state index contributed by atoms with van der Waals surface area (Å²) in [5.41, 5.74) is 0.108. The van der Waals surface area contributed by atoms with Crippen molar-refractivity contribution in [3.8, 4) is 0 Å². The van der Waals surface area contributed by atoms with Crippen LogP contribution in [-0.4, -0.2) is 40.5 Å². The summed E-state index contributed by atoms with van der Waals surface area (Å²) < 4.78 is 28.7. The standard InChI is InChI=1S/C25H37F2N5O2/c1-7-8-20(30-22(33)11-17-9-18(26)12-19(27)10-17)23(34)31-21-13-32(16-29-21)25(5,6)15-28-14-24(2,3)4/h9-10,12-13,16,20,28H,7-8,11,14-15H2,1-6H3,(H,30,33)(H,31,34). The monoisotopic (exact) mass is 477 g/mol. The second-order valence-electron chi connectivity index (χ2n) is 10.5. The predicted molar refractivity (Wildman–Crippen MR) is 129 cm³/mol. The largest absolute Gasteiger partial charge is 0.344 e. The zero-order valence-electron chi connectivity index (χ0n) is 21.0. The molecule has 2 aromatic rings. The van der Waals surface area contributed by atoms with E-state index in [2.05, 4.69) is 55.6 Å². The summed E-state index contributed by atoms with van der Waals surface area (Å²) >= 11 is 0. The Morgan fingerprint density at radius 3 is 2.29 bits per heavy atom. The van der Waals surface area contributed by atoms with Crippen molar-refractivity contribution in [3.63, 3.8) is 0 Å². The Kier molecular flexibility index (Phi) is 9.32. The Morgan fingerprint density at radius 2 is 1.71 bits per heavy atom. The summed E-state index contributed by atoms with van der Waals surface area (Å²) in [6, 6.07) is 2.16. The fourth-order valence-corrected chi connectivity index (χ4v) is 3.47. The molecule has 0 saturated carbocycles. The van der Waals surface area contributed by atoms with Gasteiger partial charge in [-0.2, -0.15) is 0 Å². The zero-order chi connectivity index (χ0) is 25.5. The van der Waals surface area contributed by atoms with Crippen LogP contribution in [-0.2, 0) is 21.5 Å². The number of anilines is 1.